The van der Waals surface area contributed by atoms with Crippen LogP contribution in [0.25, 0.3) is 21.7 Å². The Hall–Kier alpha value is -3.31. The Labute approximate surface area is 175 Å². The molecular formula is C25H26N2O3. The van der Waals surface area contributed by atoms with E-state index < -0.39 is 12.0 Å². The largest absolute Gasteiger partial charge is 0.493 e. The second-order valence-electron chi connectivity index (χ2n) is 7.45. The van der Waals surface area contributed by atoms with Crippen molar-refractivity contribution in [3.8, 4) is 5.75 Å². The lowest BCUT2D eigenvalue weighted by Crippen LogP contribution is -2.38. The maximum Gasteiger partial charge on any atom is 0.321 e. The number of benzene rings is 3. The number of H-pyrrole nitrogens is 1. The molecule has 154 valence electrons. The molecule has 3 N–H and O–H groups in total. The summed E-state index contributed by atoms with van der Waals surface area (Å²) in [5.41, 5.74) is 3.00. The van der Waals surface area contributed by atoms with E-state index in [-0.39, 0.29) is 0 Å². The first-order chi connectivity index (χ1) is 14.7. The Morgan fingerprint density at radius 2 is 1.83 bits per heavy atom. The molecule has 4 rings (SSSR count). The van der Waals surface area contributed by atoms with E-state index in [1.54, 1.807) is 0 Å². The number of fused-ring (bicyclic) bond motifs is 2. The van der Waals surface area contributed by atoms with Gasteiger partial charge in [0.05, 0.1) is 6.61 Å². The summed E-state index contributed by atoms with van der Waals surface area (Å²) in [4.78, 5) is 15.2. The average molecular weight is 402 g/mol. The molecular weight excluding hydrogens is 376 g/mol. The van der Waals surface area contributed by atoms with Gasteiger partial charge in [-0.2, -0.15) is 0 Å². The van der Waals surface area contributed by atoms with Crippen molar-refractivity contribution in [2.24, 2.45) is 0 Å². The highest BCUT2D eigenvalue weighted by Gasteiger charge is 2.20. The van der Waals surface area contributed by atoms with Gasteiger partial charge < -0.3 is 14.8 Å². The molecule has 0 aliphatic carbocycles. The maximum atomic E-state index is 12.0. The molecule has 0 amide bonds. The van der Waals surface area contributed by atoms with Crippen LogP contribution < -0.4 is 10.1 Å². The summed E-state index contributed by atoms with van der Waals surface area (Å²) in [5, 5.41) is 16.3. The monoisotopic (exact) mass is 402 g/mol. The number of ether oxygens (including phenoxy) is 1. The van der Waals surface area contributed by atoms with Crippen molar-refractivity contribution >= 4 is 27.6 Å². The fourth-order valence-corrected chi connectivity index (χ4v) is 3.84. The Morgan fingerprint density at radius 1 is 1.07 bits per heavy atom. The second-order valence-corrected chi connectivity index (χ2v) is 7.45. The van der Waals surface area contributed by atoms with E-state index in [4.69, 9.17) is 4.74 Å². The Balaban J connectivity index is 1.59. The van der Waals surface area contributed by atoms with E-state index >= 15 is 0 Å². The summed E-state index contributed by atoms with van der Waals surface area (Å²) in [6, 6.07) is 19.4. The smallest absolute Gasteiger partial charge is 0.321 e. The van der Waals surface area contributed by atoms with E-state index in [0.29, 0.717) is 19.6 Å². The minimum atomic E-state index is -0.864. The van der Waals surface area contributed by atoms with Crippen molar-refractivity contribution in [1.82, 2.24) is 10.3 Å². The molecule has 1 heterocycles. The van der Waals surface area contributed by atoms with E-state index in [1.165, 1.54) is 0 Å². The first-order valence-electron chi connectivity index (χ1n) is 10.3. The van der Waals surface area contributed by atoms with Gasteiger partial charge in [-0.25, -0.2) is 0 Å². The van der Waals surface area contributed by atoms with Gasteiger partial charge in [0, 0.05) is 35.6 Å². The van der Waals surface area contributed by atoms with Crippen LogP contribution >= 0.6 is 0 Å². The fraction of sp³-hybridized carbons (Fsp3) is 0.240. The van der Waals surface area contributed by atoms with E-state index in [9.17, 15) is 9.90 Å². The molecule has 0 saturated carbocycles. The minimum Gasteiger partial charge on any atom is -0.493 e. The molecule has 0 fully saturated rings. The molecule has 0 saturated heterocycles. The lowest BCUT2D eigenvalue weighted by atomic mass is 10.0. The van der Waals surface area contributed by atoms with Gasteiger partial charge in [-0.05, 0) is 34.9 Å². The van der Waals surface area contributed by atoms with Crippen LogP contribution in [0.5, 0.6) is 5.75 Å². The number of carboxylic acid groups (broad SMARTS) is 1. The van der Waals surface area contributed by atoms with Crippen LogP contribution in [0.4, 0.5) is 0 Å². The van der Waals surface area contributed by atoms with Crippen LogP contribution in [0.1, 0.15) is 24.5 Å². The molecule has 5 nitrogen and oxygen atoms in total. The molecule has 3 aromatic carbocycles. The summed E-state index contributed by atoms with van der Waals surface area (Å²) in [6.07, 6.45) is 3.21. The maximum absolute atomic E-state index is 12.0. The van der Waals surface area contributed by atoms with Crippen LogP contribution in [-0.4, -0.2) is 28.7 Å². The zero-order chi connectivity index (χ0) is 20.9. The number of rotatable bonds is 9. The van der Waals surface area contributed by atoms with Crippen molar-refractivity contribution in [3.63, 3.8) is 0 Å². The summed E-state index contributed by atoms with van der Waals surface area (Å²) >= 11 is 0. The summed E-state index contributed by atoms with van der Waals surface area (Å²) in [6.45, 7) is 3.11. The quantitative estimate of drug-likeness (QED) is 0.372. The van der Waals surface area contributed by atoms with Crippen molar-refractivity contribution in [1.29, 1.82) is 0 Å². The van der Waals surface area contributed by atoms with Gasteiger partial charge in [0.25, 0.3) is 0 Å². The molecule has 0 aliphatic heterocycles. The van der Waals surface area contributed by atoms with Gasteiger partial charge in [0.15, 0.2) is 0 Å². The Morgan fingerprint density at radius 3 is 2.63 bits per heavy atom. The van der Waals surface area contributed by atoms with Gasteiger partial charge in [-0.3, -0.25) is 10.1 Å². The topological polar surface area (TPSA) is 74.3 Å². The summed E-state index contributed by atoms with van der Waals surface area (Å²) in [5.74, 6) is -0.0594. The molecule has 0 bridgehead atoms. The van der Waals surface area contributed by atoms with Crippen molar-refractivity contribution in [2.75, 3.05) is 6.61 Å². The molecule has 5 heteroatoms. The van der Waals surface area contributed by atoms with Crippen LogP contribution in [-0.2, 0) is 17.8 Å². The third-order valence-electron chi connectivity index (χ3n) is 5.38. The SMILES string of the molecule is CCCOc1ccc2ccccc2c1CN[C@@H](Cc1c[nH]c2ccccc12)C(=O)O. The van der Waals surface area contributed by atoms with Crippen LogP contribution in [0.2, 0.25) is 0 Å². The van der Waals surface area contributed by atoms with Crippen molar-refractivity contribution in [2.45, 2.75) is 32.4 Å². The zero-order valence-corrected chi connectivity index (χ0v) is 17.0. The second kappa shape index (κ2) is 9.01. The van der Waals surface area contributed by atoms with Gasteiger partial charge in [0.1, 0.15) is 11.8 Å². The number of hydrogen-bond acceptors (Lipinski definition) is 3. The van der Waals surface area contributed by atoms with Gasteiger partial charge in [0.2, 0.25) is 0 Å². The molecule has 4 aromatic rings. The highest BCUT2D eigenvalue weighted by Crippen LogP contribution is 2.28. The molecule has 0 spiro atoms. The summed E-state index contributed by atoms with van der Waals surface area (Å²) < 4.78 is 5.96. The van der Waals surface area contributed by atoms with E-state index in [2.05, 4.69) is 29.4 Å². The Kier molecular flexibility index (Phi) is 6.00. The fourth-order valence-electron chi connectivity index (χ4n) is 3.84. The highest BCUT2D eigenvalue weighted by molar-refractivity contribution is 5.88. The number of aromatic amines is 1. The number of aliphatic carboxylic acids is 1. The number of para-hydroxylation sites is 1. The lowest BCUT2D eigenvalue weighted by Gasteiger charge is -2.18. The van der Waals surface area contributed by atoms with Gasteiger partial charge in [-0.15, -0.1) is 0 Å². The highest BCUT2D eigenvalue weighted by atomic mass is 16.5. The van der Waals surface area contributed by atoms with Crippen LogP contribution in [0.3, 0.4) is 0 Å². The van der Waals surface area contributed by atoms with Crippen LogP contribution in [0.15, 0.2) is 66.9 Å². The lowest BCUT2D eigenvalue weighted by molar-refractivity contribution is -0.139. The molecule has 0 unspecified atom stereocenters. The predicted molar refractivity (Wildman–Crippen MR) is 120 cm³/mol. The molecule has 1 aromatic heterocycles. The average Bonchev–Trinajstić information content (AvgIpc) is 3.18. The van der Waals surface area contributed by atoms with Gasteiger partial charge in [-0.1, -0.05) is 55.5 Å². The standard InChI is InChI=1S/C25H26N2O3/c1-2-13-30-24-12-11-17-7-3-4-8-19(17)21(24)16-27-23(25(28)29)14-18-15-26-22-10-6-5-9-20(18)22/h3-12,15,23,26-27H,2,13-14,16H2,1H3,(H,28,29)/t23-/m0/s1. The number of carbonyl (C=O) groups is 1. The van der Waals surface area contributed by atoms with Crippen molar-refractivity contribution in [3.05, 3.63) is 78.0 Å². The first kappa shape index (κ1) is 20.0. The van der Waals surface area contributed by atoms with Crippen molar-refractivity contribution < 1.29 is 14.6 Å². The van der Waals surface area contributed by atoms with E-state index in [1.807, 2.05) is 54.7 Å². The van der Waals surface area contributed by atoms with Gasteiger partial charge >= 0.3 is 5.97 Å². The Bertz CT molecular complexity index is 1170. The molecule has 0 aliphatic rings. The third-order valence-corrected chi connectivity index (χ3v) is 5.38. The number of hydrogen-bond donors (Lipinski definition) is 3. The molecule has 1 atom stereocenters. The summed E-state index contributed by atoms with van der Waals surface area (Å²) in [7, 11) is 0. The van der Waals surface area contributed by atoms with Crippen LogP contribution in [0, 0.1) is 0 Å². The van der Waals surface area contributed by atoms with E-state index in [0.717, 1.165) is 45.0 Å². The zero-order valence-electron chi connectivity index (χ0n) is 17.0. The first-order valence-corrected chi connectivity index (χ1v) is 10.3. The minimum absolute atomic E-state index is 0.398. The number of carboxylic acids is 1. The predicted octanol–water partition coefficient (Wildman–Crippen LogP) is 4.90. The third kappa shape index (κ3) is 4.16. The number of nitrogens with one attached hydrogen (secondary N) is 2. The normalized spacial score (nSPS) is 12.3. The molecule has 30 heavy (non-hydrogen) atoms. The number of aromatic nitrogens is 1. The molecule has 0 radical (unpaired) electrons.